The van der Waals surface area contributed by atoms with Crippen molar-refractivity contribution in [3.8, 4) is 6.07 Å². The molecular formula is C13H9FN4O. The Morgan fingerprint density at radius 3 is 2.84 bits per heavy atom. The second-order valence-electron chi connectivity index (χ2n) is 3.70. The number of hydrogen-bond acceptors (Lipinski definition) is 4. The fourth-order valence-corrected chi connectivity index (χ4v) is 1.48. The molecule has 0 spiro atoms. The number of aromatic nitrogens is 1. The number of nitriles is 1. The van der Waals surface area contributed by atoms with Crippen LogP contribution in [-0.2, 0) is 0 Å². The number of amides is 1. The second kappa shape index (κ2) is 5.14. The number of nitrogens with two attached hydrogens (primary N) is 1. The fourth-order valence-electron chi connectivity index (χ4n) is 1.48. The van der Waals surface area contributed by atoms with Gasteiger partial charge in [-0.05, 0) is 30.3 Å². The molecule has 6 heteroatoms. The number of benzene rings is 1. The molecule has 0 atom stereocenters. The zero-order chi connectivity index (χ0) is 13.8. The lowest BCUT2D eigenvalue weighted by atomic mass is 10.2. The fraction of sp³-hybridized carbons (Fsp3) is 0. The molecule has 0 saturated heterocycles. The number of halogens is 1. The molecule has 0 fully saturated rings. The minimum Gasteiger partial charge on any atom is -0.384 e. The Hall–Kier alpha value is -2.94. The number of nitrogen functional groups attached to an aromatic ring is 1. The summed E-state index contributed by atoms with van der Waals surface area (Å²) in [6.45, 7) is 0. The molecule has 0 unspecified atom stereocenters. The lowest BCUT2D eigenvalue weighted by molar-refractivity contribution is 0.102. The van der Waals surface area contributed by atoms with Crippen LogP contribution in [0.4, 0.5) is 15.9 Å². The number of rotatable bonds is 2. The Labute approximate surface area is 108 Å². The summed E-state index contributed by atoms with van der Waals surface area (Å²) in [5, 5.41) is 11.4. The van der Waals surface area contributed by atoms with E-state index in [4.69, 9.17) is 11.0 Å². The summed E-state index contributed by atoms with van der Waals surface area (Å²) < 4.78 is 13.0. The smallest absolute Gasteiger partial charge is 0.274 e. The van der Waals surface area contributed by atoms with E-state index in [0.29, 0.717) is 0 Å². The second-order valence-corrected chi connectivity index (χ2v) is 3.70. The highest BCUT2D eigenvalue weighted by Crippen LogP contribution is 2.16. The van der Waals surface area contributed by atoms with Crippen LogP contribution in [0.3, 0.4) is 0 Å². The third-order valence-electron chi connectivity index (χ3n) is 2.35. The van der Waals surface area contributed by atoms with Gasteiger partial charge in [0.1, 0.15) is 23.4 Å². The predicted octanol–water partition coefficient (Wildman–Crippen LogP) is 1.93. The van der Waals surface area contributed by atoms with Gasteiger partial charge in [0, 0.05) is 0 Å². The number of carbonyl (C=O) groups is 1. The van der Waals surface area contributed by atoms with Gasteiger partial charge in [-0.15, -0.1) is 0 Å². The quantitative estimate of drug-likeness (QED) is 0.858. The molecule has 1 aromatic heterocycles. The largest absolute Gasteiger partial charge is 0.384 e. The molecule has 0 bridgehead atoms. The van der Waals surface area contributed by atoms with Crippen molar-refractivity contribution in [3.63, 3.8) is 0 Å². The van der Waals surface area contributed by atoms with E-state index >= 15 is 0 Å². The standard InChI is InChI=1S/C13H9FN4O/c14-9-4-5-10(8(6-9)7-15)18-13(19)11-2-1-3-12(16)17-11/h1-6H,(H2,16,17)(H,18,19). The van der Waals surface area contributed by atoms with E-state index in [1.54, 1.807) is 18.2 Å². The van der Waals surface area contributed by atoms with Crippen molar-refractivity contribution in [2.24, 2.45) is 0 Å². The molecule has 0 saturated carbocycles. The van der Waals surface area contributed by atoms with Crippen LogP contribution < -0.4 is 11.1 Å². The maximum Gasteiger partial charge on any atom is 0.274 e. The Morgan fingerprint density at radius 1 is 1.37 bits per heavy atom. The number of pyridine rings is 1. The van der Waals surface area contributed by atoms with Gasteiger partial charge in [-0.1, -0.05) is 6.07 Å². The van der Waals surface area contributed by atoms with Crippen molar-refractivity contribution in [2.45, 2.75) is 0 Å². The molecule has 19 heavy (non-hydrogen) atoms. The lowest BCUT2D eigenvalue weighted by Gasteiger charge is -2.06. The number of anilines is 2. The minimum atomic E-state index is -0.545. The van der Waals surface area contributed by atoms with Gasteiger partial charge in [-0.3, -0.25) is 4.79 Å². The molecule has 0 aliphatic heterocycles. The summed E-state index contributed by atoms with van der Waals surface area (Å²) in [4.78, 5) is 15.7. The number of carbonyl (C=O) groups excluding carboxylic acids is 1. The molecule has 1 amide bonds. The maximum atomic E-state index is 13.0. The summed E-state index contributed by atoms with van der Waals surface area (Å²) >= 11 is 0. The molecule has 94 valence electrons. The van der Waals surface area contributed by atoms with Crippen LogP contribution in [0.15, 0.2) is 36.4 Å². The summed E-state index contributed by atoms with van der Waals surface area (Å²) in [5.74, 6) is -0.848. The topological polar surface area (TPSA) is 91.8 Å². The lowest BCUT2D eigenvalue weighted by Crippen LogP contribution is -2.15. The predicted molar refractivity (Wildman–Crippen MR) is 67.7 cm³/mol. The number of nitrogens with zero attached hydrogens (tertiary/aromatic N) is 2. The molecule has 0 radical (unpaired) electrons. The van der Waals surface area contributed by atoms with Crippen LogP contribution in [0.2, 0.25) is 0 Å². The minimum absolute atomic E-state index is 0.0391. The molecule has 5 nitrogen and oxygen atoms in total. The molecule has 2 rings (SSSR count). The van der Waals surface area contributed by atoms with E-state index in [2.05, 4.69) is 10.3 Å². The van der Waals surface area contributed by atoms with E-state index in [9.17, 15) is 9.18 Å². The van der Waals surface area contributed by atoms with Gasteiger partial charge in [0.25, 0.3) is 5.91 Å². The highest BCUT2D eigenvalue weighted by atomic mass is 19.1. The summed E-state index contributed by atoms with van der Waals surface area (Å²) in [6.07, 6.45) is 0. The van der Waals surface area contributed by atoms with Gasteiger partial charge >= 0.3 is 0 Å². The third kappa shape index (κ3) is 2.84. The SMILES string of the molecule is N#Cc1cc(F)ccc1NC(=O)c1cccc(N)n1. The van der Waals surface area contributed by atoms with Crippen molar-refractivity contribution in [2.75, 3.05) is 11.1 Å². The average molecular weight is 256 g/mol. The Morgan fingerprint density at radius 2 is 2.16 bits per heavy atom. The van der Waals surface area contributed by atoms with E-state index in [0.717, 1.165) is 12.1 Å². The summed E-state index contributed by atoms with van der Waals surface area (Å²) in [7, 11) is 0. The zero-order valence-electron chi connectivity index (χ0n) is 9.72. The summed E-state index contributed by atoms with van der Waals surface area (Å²) in [5.41, 5.74) is 5.85. The first-order chi connectivity index (χ1) is 9.10. The number of nitrogens with one attached hydrogen (secondary N) is 1. The van der Waals surface area contributed by atoms with Crippen LogP contribution in [0.1, 0.15) is 16.1 Å². The molecule has 0 aliphatic rings. The highest BCUT2D eigenvalue weighted by Gasteiger charge is 2.11. The van der Waals surface area contributed by atoms with Crippen LogP contribution in [-0.4, -0.2) is 10.9 Å². The van der Waals surface area contributed by atoms with Crippen LogP contribution in [0.25, 0.3) is 0 Å². The van der Waals surface area contributed by atoms with Crippen molar-refractivity contribution in [3.05, 3.63) is 53.5 Å². The normalized spacial score (nSPS) is 9.68. The first kappa shape index (κ1) is 12.5. The van der Waals surface area contributed by atoms with Gasteiger partial charge in [0.2, 0.25) is 0 Å². The molecule has 2 aromatic rings. The summed E-state index contributed by atoms with van der Waals surface area (Å²) in [6, 6.07) is 9.95. The van der Waals surface area contributed by atoms with Crippen LogP contribution >= 0.6 is 0 Å². The zero-order valence-corrected chi connectivity index (χ0v) is 9.72. The van der Waals surface area contributed by atoms with Gasteiger partial charge < -0.3 is 11.1 Å². The van der Waals surface area contributed by atoms with E-state index in [1.807, 2.05) is 0 Å². The van der Waals surface area contributed by atoms with Gasteiger partial charge in [0.15, 0.2) is 0 Å². The Balaban J connectivity index is 2.27. The molecular weight excluding hydrogens is 247 g/mol. The van der Waals surface area contributed by atoms with Crippen molar-refractivity contribution in [1.29, 1.82) is 5.26 Å². The van der Waals surface area contributed by atoms with Crippen molar-refractivity contribution >= 4 is 17.4 Å². The Kier molecular flexibility index (Phi) is 3.39. The first-order valence-electron chi connectivity index (χ1n) is 5.33. The first-order valence-corrected chi connectivity index (χ1v) is 5.33. The monoisotopic (exact) mass is 256 g/mol. The molecule has 1 aromatic carbocycles. The molecule has 3 N–H and O–H groups in total. The number of hydrogen-bond donors (Lipinski definition) is 2. The van der Waals surface area contributed by atoms with E-state index < -0.39 is 11.7 Å². The maximum absolute atomic E-state index is 13.0. The van der Waals surface area contributed by atoms with Gasteiger partial charge in [-0.2, -0.15) is 5.26 Å². The van der Waals surface area contributed by atoms with Crippen LogP contribution in [0.5, 0.6) is 0 Å². The van der Waals surface area contributed by atoms with Crippen LogP contribution in [0, 0.1) is 17.1 Å². The molecule has 1 heterocycles. The molecule has 0 aliphatic carbocycles. The Bertz CT molecular complexity index is 679. The van der Waals surface area contributed by atoms with Crippen molar-refractivity contribution in [1.82, 2.24) is 4.98 Å². The van der Waals surface area contributed by atoms with E-state index in [1.165, 1.54) is 12.1 Å². The van der Waals surface area contributed by atoms with Crippen molar-refractivity contribution < 1.29 is 9.18 Å². The van der Waals surface area contributed by atoms with Gasteiger partial charge in [-0.25, -0.2) is 9.37 Å². The highest BCUT2D eigenvalue weighted by molar-refractivity contribution is 6.03. The average Bonchev–Trinajstić information content (AvgIpc) is 2.40. The van der Waals surface area contributed by atoms with E-state index in [-0.39, 0.29) is 22.8 Å². The van der Waals surface area contributed by atoms with Gasteiger partial charge in [0.05, 0.1) is 11.3 Å². The third-order valence-corrected chi connectivity index (χ3v) is 2.35.